The maximum Gasteiger partial charge on any atom is 0.313 e. The van der Waals surface area contributed by atoms with Gasteiger partial charge in [0.2, 0.25) is 17.7 Å². The molecule has 1 spiro atoms. The quantitative estimate of drug-likeness (QED) is 0.166. The number of fused-ring (bicyclic) bond motifs is 1. The molecule has 0 unspecified atom stereocenters. The van der Waals surface area contributed by atoms with Gasteiger partial charge in [-0.15, -0.1) is 13.2 Å². The Bertz CT molecular complexity index is 1410. The van der Waals surface area contributed by atoms with Crippen molar-refractivity contribution in [2.45, 2.75) is 122 Å². The summed E-state index contributed by atoms with van der Waals surface area (Å²) in [6, 6.07) is 7.49. The van der Waals surface area contributed by atoms with Gasteiger partial charge in [-0.1, -0.05) is 83.5 Å². The largest absolute Gasteiger partial charge is 0.455 e. The molecule has 1 aromatic carbocycles. The Morgan fingerprint density at radius 2 is 1.84 bits per heavy atom. The van der Waals surface area contributed by atoms with E-state index >= 15 is 4.79 Å². The summed E-state index contributed by atoms with van der Waals surface area (Å²) in [7, 11) is 0. The summed E-state index contributed by atoms with van der Waals surface area (Å²) in [6.45, 7) is 22.0. The number of nitrogens with zero attached hydrogens (tertiary/aromatic N) is 2. The predicted molar refractivity (Wildman–Crippen MR) is 193 cm³/mol. The number of likely N-dealkylation sites (tertiary alicyclic amines) is 1. The minimum atomic E-state index is -1.26. The number of ether oxygens (including phenoxy) is 2. The number of amides is 3. The lowest BCUT2D eigenvalue weighted by Crippen LogP contribution is -2.63. The molecule has 276 valence electrons. The second kappa shape index (κ2) is 15.8. The van der Waals surface area contributed by atoms with Crippen LogP contribution in [0.2, 0.25) is 0 Å². The Labute approximate surface area is 298 Å². The van der Waals surface area contributed by atoms with E-state index in [0.29, 0.717) is 37.7 Å². The fourth-order valence-corrected chi connectivity index (χ4v) is 8.76. The zero-order chi connectivity index (χ0) is 37.0. The van der Waals surface area contributed by atoms with E-state index in [1.165, 1.54) is 0 Å². The number of aliphatic hydroxyl groups excluding tert-OH is 1. The van der Waals surface area contributed by atoms with Crippen LogP contribution in [0, 0.1) is 23.2 Å². The topological polar surface area (TPSA) is 125 Å². The number of aliphatic hydroxyl groups is 1. The van der Waals surface area contributed by atoms with E-state index in [-0.39, 0.29) is 55.2 Å². The molecule has 10 heteroatoms. The average Bonchev–Trinajstić information content (AvgIpc) is 3.71. The Morgan fingerprint density at radius 3 is 2.42 bits per heavy atom. The van der Waals surface area contributed by atoms with Crippen molar-refractivity contribution in [2.24, 2.45) is 23.2 Å². The first-order valence-corrected chi connectivity index (χ1v) is 18.2. The summed E-state index contributed by atoms with van der Waals surface area (Å²) in [5, 5.41) is 13.6. The van der Waals surface area contributed by atoms with Crippen molar-refractivity contribution < 1.29 is 33.8 Å². The van der Waals surface area contributed by atoms with Gasteiger partial charge in [0, 0.05) is 18.5 Å². The molecule has 2 N–H and O–H groups in total. The molecule has 3 amide bonds. The summed E-state index contributed by atoms with van der Waals surface area (Å²) >= 11 is 0. The molecule has 0 aliphatic carbocycles. The first-order chi connectivity index (χ1) is 23.6. The molecule has 10 nitrogen and oxygen atoms in total. The number of hydrogen-bond donors (Lipinski definition) is 2. The molecule has 3 fully saturated rings. The Morgan fingerprint density at radius 1 is 1.16 bits per heavy atom. The first kappa shape index (κ1) is 39.3. The van der Waals surface area contributed by atoms with Crippen molar-refractivity contribution in [3.63, 3.8) is 0 Å². The van der Waals surface area contributed by atoms with Gasteiger partial charge in [-0.3, -0.25) is 19.2 Å². The van der Waals surface area contributed by atoms with Gasteiger partial charge in [-0.05, 0) is 56.4 Å². The van der Waals surface area contributed by atoms with Gasteiger partial charge in [0.1, 0.15) is 17.7 Å². The van der Waals surface area contributed by atoms with Gasteiger partial charge in [0.15, 0.2) is 0 Å². The molecule has 3 saturated heterocycles. The van der Waals surface area contributed by atoms with Crippen LogP contribution >= 0.6 is 0 Å². The van der Waals surface area contributed by atoms with Crippen LogP contribution in [0.3, 0.4) is 0 Å². The van der Waals surface area contributed by atoms with E-state index in [1.54, 1.807) is 22.0 Å². The van der Waals surface area contributed by atoms with Crippen LogP contribution in [0.5, 0.6) is 0 Å². The highest BCUT2D eigenvalue weighted by atomic mass is 16.6. The van der Waals surface area contributed by atoms with Crippen LogP contribution in [0.15, 0.2) is 55.6 Å². The number of hydrogen-bond acceptors (Lipinski definition) is 7. The second-order valence-electron chi connectivity index (χ2n) is 16.2. The molecule has 0 aromatic heterocycles. The highest BCUT2D eigenvalue weighted by molar-refractivity contribution is 5.98. The first-order valence-electron chi connectivity index (χ1n) is 18.2. The number of benzene rings is 1. The molecular formula is C40H59N3O7. The third-order valence-electron chi connectivity index (χ3n) is 10.9. The number of rotatable bonds is 17. The molecule has 50 heavy (non-hydrogen) atoms. The Balaban J connectivity index is 1.74. The predicted octanol–water partition coefficient (Wildman–Crippen LogP) is 5.36. The number of allylic oxidation sites excluding steroid dienone is 1. The van der Waals surface area contributed by atoms with E-state index in [9.17, 15) is 19.5 Å². The van der Waals surface area contributed by atoms with Gasteiger partial charge in [-0.25, -0.2) is 0 Å². The lowest BCUT2D eigenvalue weighted by atomic mass is 9.70. The Kier molecular flexibility index (Phi) is 12.4. The molecular weight excluding hydrogens is 634 g/mol. The minimum absolute atomic E-state index is 0.0565. The van der Waals surface area contributed by atoms with E-state index < -0.39 is 53.2 Å². The lowest BCUT2D eigenvalue weighted by molar-refractivity contribution is -0.162. The van der Waals surface area contributed by atoms with Crippen molar-refractivity contribution in [1.29, 1.82) is 0 Å². The third-order valence-corrected chi connectivity index (χ3v) is 10.9. The highest BCUT2D eigenvalue weighted by Gasteiger charge is 2.76. The van der Waals surface area contributed by atoms with Crippen LogP contribution in [0.1, 0.15) is 98.7 Å². The summed E-state index contributed by atoms with van der Waals surface area (Å²) in [6.07, 6.45) is 5.01. The van der Waals surface area contributed by atoms with E-state index in [4.69, 9.17) is 9.47 Å². The van der Waals surface area contributed by atoms with Crippen LogP contribution in [-0.4, -0.2) is 87.6 Å². The van der Waals surface area contributed by atoms with Gasteiger partial charge in [0.25, 0.3) is 0 Å². The summed E-state index contributed by atoms with van der Waals surface area (Å²) in [5.74, 6) is -3.46. The smallest absolute Gasteiger partial charge is 0.313 e. The zero-order valence-electron chi connectivity index (χ0n) is 31.2. The van der Waals surface area contributed by atoms with Crippen LogP contribution in [0.25, 0.3) is 0 Å². The number of carbonyl (C=O) groups excluding carboxylic acids is 4. The van der Waals surface area contributed by atoms with Crippen molar-refractivity contribution >= 4 is 23.7 Å². The normalized spacial score (nSPS) is 26.2. The van der Waals surface area contributed by atoms with Crippen LogP contribution in [-0.2, 0) is 28.7 Å². The molecule has 3 aliphatic rings. The minimum Gasteiger partial charge on any atom is -0.455 e. The second-order valence-corrected chi connectivity index (χ2v) is 16.2. The molecule has 2 bridgehead atoms. The lowest BCUT2D eigenvalue weighted by Gasteiger charge is -2.47. The molecule has 0 saturated carbocycles. The fourth-order valence-electron chi connectivity index (χ4n) is 8.76. The molecule has 4 rings (SSSR count). The van der Waals surface area contributed by atoms with E-state index in [2.05, 4.69) is 39.2 Å². The molecule has 0 radical (unpaired) electrons. The summed E-state index contributed by atoms with van der Waals surface area (Å²) in [5.41, 5.74) is -1.26. The fraction of sp³-hybridized carbons (Fsp3) is 0.650. The maximum atomic E-state index is 15.1. The summed E-state index contributed by atoms with van der Waals surface area (Å²) < 4.78 is 12.9. The van der Waals surface area contributed by atoms with Gasteiger partial charge < -0.3 is 29.7 Å². The standard InChI is InChI=1S/C40H59N3O7/c1-10-13-19-31(45)41-23-30(27-17-15-14-16-18-27)49-37(48)32-29-20-21-40(50-29)33(32)35(46)43(28(24-44)26(4)12-3)34(40)36(47)42(22-11-2)39(8,9)25-38(5,6)7/h10-11,14-18,26,28-30,32-34,44H,1-2,12-13,19-25H2,3-9H3,(H,41,45)/t26-,28-,29-,30+,32+,33+,34-,40+/m0/s1. The molecule has 3 heterocycles. The SMILES string of the molecule is C=CCCC(=O)NC[C@@H](OC(=O)[C@@H]1[C@@H]2CC[C@]3(O2)[C@H](C(=O)N(CC=C)C(C)(C)CC(C)(C)C)N([C@@H](CO)[C@@H](C)CC)C(=O)[C@@H]13)c1ccccc1. The van der Waals surface area contributed by atoms with Gasteiger partial charge in [-0.2, -0.15) is 0 Å². The Hall–Kier alpha value is -3.50. The van der Waals surface area contributed by atoms with Crippen LogP contribution < -0.4 is 5.32 Å². The molecule has 1 aromatic rings. The van der Waals surface area contributed by atoms with Gasteiger partial charge in [0.05, 0.1) is 37.1 Å². The molecule has 3 aliphatic heterocycles. The van der Waals surface area contributed by atoms with Crippen molar-refractivity contribution in [3.8, 4) is 0 Å². The highest BCUT2D eigenvalue weighted by Crippen LogP contribution is 2.60. The number of carbonyl (C=O) groups is 4. The third kappa shape index (κ3) is 7.86. The number of nitrogens with one attached hydrogen (secondary N) is 1. The average molecular weight is 694 g/mol. The zero-order valence-corrected chi connectivity index (χ0v) is 31.2. The van der Waals surface area contributed by atoms with E-state index in [1.807, 2.05) is 58.0 Å². The van der Waals surface area contributed by atoms with Gasteiger partial charge >= 0.3 is 5.97 Å². The maximum absolute atomic E-state index is 15.1. The number of esters is 1. The van der Waals surface area contributed by atoms with Crippen molar-refractivity contribution in [1.82, 2.24) is 15.1 Å². The van der Waals surface area contributed by atoms with Crippen LogP contribution in [0.4, 0.5) is 0 Å². The van der Waals surface area contributed by atoms with E-state index in [0.717, 1.165) is 0 Å². The van der Waals surface area contributed by atoms with Crippen molar-refractivity contribution in [2.75, 3.05) is 19.7 Å². The monoisotopic (exact) mass is 693 g/mol. The summed E-state index contributed by atoms with van der Waals surface area (Å²) in [4.78, 5) is 60.1. The van der Waals surface area contributed by atoms with Crippen molar-refractivity contribution in [3.05, 3.63) is 61.2 Å². The molecule has 8 atom stereocenters.